The van der Waals surface area contributed by atoms with Crippen molar-refractivity contribution in [2.45, 2.75) is 80.1 Å². The molecule has 8 rings (SSSR count). The molecule has 2 amide bonds. The van der Waals surface area contributed by atoms with Gasteiger partial charge in [-0.25, -0.2) is 27.5 Å². The van der Waals surface area contributed by atoms with E-state index in [1.54, 1.807) is 29.2 Å². The van der Waals surface area contributed by atoms with Gasteiger partial charge in [0, 0.05) is 43.7 Å². The van der Waals surface area contributed by atoms with Crippen LogP contribution in [0.3, 0.4) is 0 Å². The Morgan fingerprint density at radius 1 is 0.651 bits per heavy atom. The number of hydrogen-bond donors (Lipinski definition) is 1. The summed E-state index contributed by atoms with van der Waals surface area (Å²) in [4.78, 5) is 37.7. The Hall–Kier alpha value is -5.74. The third-order valence-corrected chi connectivity index (χ3v) is 11.4. The summed E-state index contributed by atoms with van der Waals surface area (Å²) in [6, 6.07) is 23.6. The molecule has 2 N–H and O–H groups in total. The molecular weight excluding hydrogens is 877 g/mol. The van der Waals surface area contributed by atoms with Crippen LogP contribution in [-0.2, 0) is 33.8 Å². The molecule has 16 heteroatoms. The molecule has 0 aliphatic carbocycles. The second-order valence-corrected chi connectivity index (χ2v) is 16.1. The van der Waals surface area contributed by atoms with E-state index in [1.165, 1.54) is 72.8 Å². The minimum Gasteiger partial charge on any atom is -0.438 e. The fourth-order valence-corrected chi connectivity index (χ4v) is 8.02. The number of ether oxygens (including phenoxy) is 1. The average Bonchev–Trinajstić information content (AvgIpc) is 3.79. The summed E-state index contributed by atoms with van der Waals surface area (Å²) in [6.45, 7) is 11.9. The number of nitrogens with two attached hydrogens (primary N) is 1. The third-order valence-electron chi connectivity index (χ3n) is 10.6. The molecular formula is C47H53BBrF4N7O3. The standard InChI is InChI=1S/C22H22F2N4O2.C17H19BrFN3O.C6H4BF.2CH4/c1-22(2)21-26-19(14-3-5-15(23)6-4-14)20(30-17-9-7-16(24)8-10-17)27(21)11-12-28(22)18(29)13-25;1-4-13(23)22-10-9-21-15(18)14(20-16(21)17(22,2)3)11-5-7-12(19)8-6-11;7-5-1-3-6(8)4-2-5;;/h3-10H,11-13,25H2,1-2H3;5-8H,4,9-10H2,1-3H3;1-4H;2*1H4. The van der Waals surface area contributed by atoms with Crippen LogP contribution in [0.4, 0.5) is 17.6 Å². The first-order valence-corrected chi connectivity index (χ1v) is 20.4. The Balaban J connectivity index is 0.000000234. The van der Waals surface area contributed by atoms with Crippen LogP contribution in [0, 0.1) is 23.3 Å². The summed E-state index contributed by atoms with van der Waals surface area (Å²) in [5.41, 5.74) is 7.79. The Bertz CT molecular complexity index is 2470. The third kappa shape index (κ3) is 10.7. The maximum absolute atomic E-state index is 13.5. The molecule has 4 aromatic carbocycles. The number of benzene rings is 4. The number of imidazole rings is 2. The van der Waals surface area contributed by atoms with Crippen molar-refractivity contribution in [2.24, 2.45) is 5.73 Å². The maximum Gasteiger partial charge on any atom is 0.237 e. The Labute approximate surface area is 376 Å². The van der Waals surface area contributed by atoms with Crippen molar-refractivity contribution in [3.05, 3.63) is 137 Å². The molecule has 0 saturated heterocycles. The molecule has 0 bridgehead atoms. The van der Waals surface area contributed by atoms with Gasteiger partial charge in [-0.3, -0.25) is 14.2 Å². The second kappa shape index (κ2) is 20.6. The minimum absolute atomic E-state index is 0. The number of hydrogen-bond acceptors (Lipinski definition) is 6. The van der Waals surface area contributed by atoms with Crippen molar-refractivity contribution >= 4 is 41.1 Å². The van der Waals surface area contributed by atoms with Crippen molar-refractivity contribution in [3.63, 3.8) is 0 Å². The summed E-state index contributed by atoms with van der Waals surface area (Å²) < 4.78 is 63.0. The summed E-state index contributed by atoms with van der Waals surface area (Å²) in [5.74, 6) is 1.09. The van der Waals surface area contributed by atoms with Gasteiger partial charge in [-0.2, -0.15) is 0 Å². The Morgan fingerprint density at radius 2 is 1.05 bits per heavy atom. The molecule has 4 heterocycles. The van der Waals surface area contributed by atoms with Crippen LogP contribution in [0.25, 0.3) is 22.5 Å². The lowest BCUT2D eigenvalue weighted by Crippen LogP contribution is -2.53. The average molecular weight is 931 g/mol. The molecule has 0 unspecified atom stereocenters. The van der Waals surface area contributed by atoms with Crippen LogP contribution in [0.2, 0.25) is 0 Å². The van der Waals surface area contributed by atoms with Gasteiger partial charge in [0.25, 0.3) is 0 Å². The molecule has 63 heavy (non-hydrogen) atoms. The van der Waals surface area contributed by atoms with Gasteiger partial charge in [0.1, 0.15) is 64.5 Å². The van der Waals surface area contributed by atoms with Crippen molar-refractivity contribution in [3.8, 4) is 34.1 Å². The largest absolute Gasteiger partial charge is 0.438 e. The van der Waals surface area contributed by atoms with Gasteiger partial charge in [-0.1, -0.05) is 39.4 Å². The summed E-state index contributed by atoms with van der Waals surface area (Å²) in [5, 5.41) is 0. The van der Waals surface area contributed by atoms with Gasteiger partial charge in [-0.05, 0) is 129 Å². The Kier molecular flexibility index (Phi) is 16.3. The number of fused-ring (bicyclic) bond motifs is 2. The number of carbonyl (C=O) groups excluding carboxylic acids is 2. The summed E-state index contributed by atoms with van der Waals surface area (Å²) in [7, 11) is 5.26. The van der Waals surface area contributed by atoms with E-state index >= 15 is 0 Å². The van der Waals surface area contributed by atoms with E-state index in [1.807, 2.05) is 44.1 Å². The van der Waals surface area contributed by atoms with Crippen molar-refractivity contribution in [1.82, 2.24) is 28.9 Å². The highest BCUT2D eigenvalue weighted by Gasteiger charge is 2.42. The van der Waals surface area contributed by atoms with Gasteiger partial charge in [-0.15, -0.1) is 0 Å². The van der Waals surface area contributed by atoms with Crippen LogP contribution < -0.4 is 15.9 Å². The number of carbonyl (C=O) groups is 2. The molecule has 6 aromatic rings. The smallest absolute Gasteiger partial charge is 0.237 e. The van der Waals surface area contributed by atoms with Crippen LogP contribution in [-0.4, -0.2) is 68.2 Å². The van der Waals surface area contributed by atoms with Crippen LogP contribution >= 0.6 is 15.9 Å². The zero-order valence-electron chi connectivity index (χ0n) is 34.4. The summed E-state index contributed by atoms with van der Waals surface area (Å²) in [6.07, 6.45) is 0.482. The van der Waals surface area contributed by atoms with E-state index < -0.39 is 11.1 Å². The fraction of sp³-hybridized carbons (Fsp3) is 0.319. The van der Waals surface area contributed by atoms with Crippen LogP contribution in [0.1, 0.15) is 67.5 Å². The molecule has 2 radical (unpaired) electrons. The van der Waals surface area contributed by atoms with E-state index in [0.717, 1.165) is 21.7 Å². The van der Waals surface area contributed by atoms with Gasteiger partial charge < -0.3 is 24.8 Å². The van der Waals surface area contributed by atoms with E-state index in [9.17, 15) is 27.2 Å². The topological polar surface area (TPSA) is 112 Å². The molecule has 0 spiro atoms. The monoisotopic (exact) mass is 929 g/mol. The lowest BCUT2D eigenvalue weighted by atomic mass is 9.97. The quantitative estimate of drug-likeness (QED) is 0.132. The fourth-order valence-electron chi connectivity index (χ4n) is 7.36. The lowest BCUT2D eigenvalue weighted by molar-refractivity contribution is -0.138. The maximum atomic E-state index is 13.5. The highest BCUT2D eigenvalue weighted by molar-refractivity contribution is 9.10. The molecule has 332 valence electrons. The van der Waals surface area contributed by atoms with Crippen molar-refractivity contribution in [2.75, 3.05) is 19.6 Å². The van der Waals surface area contributed by atoms with Gasteiger partial charge >= 0.3 is 0 Å². The van der Waals surface area contributed by atoms with E-state index in [4.69, 9.17) is 28.3 Å². The van der Waals surface area contributed by atoms with E-state index in [0.29, 0.717) is 66.8 Å². The van der Waals surface area contributed by atoms with Gasteiger partial charge in [0.15, 0.2) is 0 Å². The molecule has 2 aliphatic heterocycles. The highest BCUT2D eigenvalue weighted by atomic mass is 79.9. The predicted octanol–water partition coefficient (Wildman–Crippen LogP) is 9.49. The van der Waals surface area contributed by atoms with Crippen LogP contribution in [0.15, 0.2) is 102 Å². The molecule has 0 fully saturated rings. The normalized spacial score (nSPS) is 14.3. The molecule has 0 atom stereocenters. The number of nitrogens with zero attached hydrogens (tertiary/aromatic N) is 6. The number of halogens is 5. The molecule has 2 aromatic heterocycles. The van der Waals surface area contributed by atoms with Gasteiger partial charge in [0.05, 0.1) is 17.6 Å². The zero-order valence-corrected chi connectivity index (χ0v) is 36.0. The predicted molar refractivity (Wildman–Crippen MR) is 243 cm³/mol. The number of aromatic nitrogens is 4. The van der Waals surface area contributed by atoms with E-state index in [-0.39, 0.29) is 56.5 Å². The lowest BCUT2D eigenvalue weighted by Gasteiger charge is -2.42. The minimum atomic E-state index is -0.728. The molecule has 0 saturated carbocycles. The highest BCUT2D eigenvalue weighted by Crippen LogP contribution is 2.42. The van der Waals surface area contributed by atoms with Crippen molar-refractivity contribution < 1.29 is 31.9 Å². The van der Waals surface area contributed by atoms with Gasteiger partial charge in [0.2, 0.25) is 17.7 Å². The SMILES string of the molecule is C.C.CC1(C)c2nc(-c3ccc(F)cc3)c(Oc3ccc(F)cc3)n2CCN1C(=O)CN.CCC(=O)N1CCn2c(nc(-c3ccc(F)cc3)c2Br)C1(C)C.[B]c1ccc(F)cc1. The molecule has 10 nitrogen and oxygen atoms in total. The summed E-state index contributed by atoms with van der Waals surface area (Å²) >= 11 is 3.62. The zero-order chi connectivity index (χ0) is 44.2. The van der Waals surface area contributed by atoms with Crippen molar-refractivity contribution in [1.29, 1.82) is 0 Å². The molecule has 2 aliphatic rings. The van der Waals surface area contributed by atoms with E-state index in [2.05, 4.69) is 20.5 Å². The Morgan fingerprint density at radius 3 is 1.51 bits per heavy atom. The second-order valence-electron chi connectivity index (χ2n) is 15.4. The first-order valence-electron chi connectivity index (χ1n) is 19.6. The number of rotatable bonds is 6. The first-order chi connectivity index (χ1) is 29.0. The van der Waals surface area contributed by atoms with Crippen LogP contribution in [0.5, 0.6) is 11.6 Å². The number of amides is 2. The first kappa shape index (κ1) is 49.9.